The predicted molar refractivity (Wildman–Crippen MR) is 77.8 cm³/mol. The Kier molecular flexibility index (Phi) is 5.63. The molecule has 1 fully saturated rings. The smallest absolute Gasteiger partial charge is 0.0736 e. The molecule has 3 heteroatoms. The van der Waals surface area contributed by atoms with Gasteiger partial charge in [0, 0.05) is 13.7 Å². The number of likely N-dealkylation sites (tertiary alicyclic amines) is 1. The molecule has 0 spiro atoms. The Morgan fingerprint density at radius 1 is 1.28 bits per heavy atom. The molecule has 0 amide bonds. The van der Waals surface area contributed by atoms with Crippen molar-refractivity contribution in [3.63, 3.8) is 0 Å². The first-order chi connectivity index (χ1) is 8.48. The van der Waals surface area contributed by atoms with Gasteiger partial charge in [-0.3, -0.25) is 4.90 Å². The molecule has 2 unspecified atom stereocenters. The van der Waals surface area contributed by atoms with Crippen molar-refractivity contribution < 1.29 is 4.74 Å². The molecule has 108 valence electrons. The van der Waals surface area contributed by atoms with Crippen molar-refractivity contribution >= 4 is 0 Å². The van der Waals surface area contributed by atoms with Crippen molar-refractivity contribution in [2.24, 2.45) is 11.1 Å². The molecule has 2 N–H and O–H groups in total. The Bertz CT molecular complexity index is 243. The molecule has 0 bridgehead atoms. The molecule has 18 heavy (non-hydrogen) atoms. The minimum absolute atomic E-state index is 0.0254. The van der Waals surface area contributed by atoms with Crippen LogP contribution in [0.15, 0.2) is 0 Å². The summed E-state index contributed by atoms with van der Waals surface area (Å²) in [6, 6.07) is 0. The monoisotopic (exact) mass is 256 g/mol. The number of piperidine rings is 1. The van der Waals surface area contributed by atoms with Gasteiger partial charge in [0.05, 0.1) is 11.6 Å². The van der Waals surface area contributed by atoms with E-state index < -0.39 is 0 Å². The largest absolute Gasteiger partial charge is 0.380 e. The molecule has 1 saturated heterocycles. The highest BCUT2D eigenvalue weighted by molar-refractivity contribution is 4.97. The fourth-order valence-electron chi connectivity index (χ4n) is 3.26. The van der Waals surface area contributed by atoms with Crippen LogP contribution >= 0.6 is 0 Å². The second-order valence-electron chi connectivity index (χ2n) is 6.13. The summed E-state index contributed by atoms with van der Waals surface area (Å²) >= 11 is 0. The van der Waals surface area contributed by atoms with Crippen LogP contribution in [0.1, 0.15) is 53.4 Å². The highest BCUT2D eigenvalue weighted by Gasteiger charge is 2.41. The third kappa shape index (κ3) is 2.89. The first kappa shape index (κ1) is 15.9. The highest BCUT2D eigenvalue weighted by atomic mass is 16.5. The number of rotatable bonds is 6. The molecule has 0 aromatic rings. The summed E-state index contributed by atoms with van der Waals surface area (Å²) in [4.78, 5) is 2.55. The lowest BCUT2D eigenvalue weighted by Gasteiger charge is -2.50. The van der Waals surface area contributed by atoms with Crippen LogP contribution in [0, 0.1) is 5.41 Å². The van der Waals surface area contributed by atoms with E-state index in [2.05, 4.69) is 32.6 Å². The standard InChI is InChI=1S/C15H32N2O/c1-6-15(7-2)8-10-17(11-9-15)14(4,12-16)13(3)18-5/h13H,6-12,16H2,1-5H3. The molecule has 1 rings (SSSR count). The van der Waals surface area contributed by atoms with E-state index in [1.165, 1.54) is 25.7 Å². The van der Waals surface area contributed by atoms with Crippen LogP contribution in [0.2, 0.25) is 0 Å². The average Bonchev–Trinajstić information content (AvgIpc) is 2.45. The number of ether oxygens (including phenoxy) is 1. The van der Waals surface area contributed by atoms with Crippen LogP contribution in [0.5, 0.6) is 0 Å². The molecule has 0 saturated carbocycles. The lowest BCUT2D eigenvalue weighted by molar-refractivity contribution is -0.0572. The highest BCUT2D eigenvalue weighted by Crippen LogP contribution is 2.40. The fraction of sp³-hybridized carbons (Fsp3) is 1.00. The van der Waals surface area contributed by atoms with Gasteiger partial charge >= 0.3 is 0 Å². The Hall–Kier alpha value is -0.120. The van der Waals surface area contributed by atoms with Gasteiger partial charge in [-0.05, 0) is 45.2 Å². The van der Waals surface area contributed by atoms with Crippen molar-refractivity contribution in [2.75, 3.05) is 26.7 Å². The van der Waals surface area contributed by atoms with Crippen molar-refractivity contribution in [1.82, 2.24) is 4.90 Å². The number of methoxy groups -OCH3 is 1. The third-order valence-corrected chi connectivity index (χ3v) is 5.69. The first-order valence-electron chi connectivity index (χ1n) is 7.46. The van der Waals surface area contributed by atoms with E-state index in [1.807, 2.05) is 0 Å². The van der Waals surface area contributed by atoms with Gasteiger partial charge in [-0.1, -0.05) is 26.7 Å². The fourth-order valence-corrected chi connectivity index (χ4v) is 3.26. The Balaban J connectivity index is 2.71. The third-order valence-electron chi connectivity index (χ3n) is 5.69. The zero-order valence-electron chi connectivity index (χ0n) is 13.0. The van der Waals surface area contributed by atoms with Gasteiger partial charge in [0.2, 0.25) is 0 Å². The van der Waals surface area contributed by atoms with Gasteiger partial charge in [-0.25, -0.2) is 0 Å². The number of hydrogen-bond donors (Lipinski definition) is 1. The maximum absolute atomic E-state index is 6.03. The molecular weight excluding hydrogens is 224 g/mol. The number of nitrogens with two attached hydrogens (primary N) is 1. The second-order valence-corrected chi connectivity index (χ2v) is 6.13. The van der Waals surface area contributed by atoms with E-state index in [-0.39, 0.29) is 11.6 Å². The molecule has 0 aromatic heterocycles. The van der Waals surface area contributed by atoms with Gasteiger partial charge in [0.1, 0.15) is 0 Å². The van der Waals surface area contributed by atoms with Crippen LogP contribution < -0.4 is 5.73 Å². The van der Waals surface area contributed by atoms with Crippen LogP contribution in [0.25, 0.3) is 0 Å². The SMILES string of the molecule is CCC1(CC)CCN(C(C)(CN)C(C)OC)CC1. The lowest BCUT2D eigenvalue weighted by Crippen LogP contribution is -2.61. The van der Waals surface area contributed by atoms with E-state index in [0.29, 0.717) is 12.0 Å². The van der Waals surface area contributed by atoms with Crippen molar-refractivity contribution in [1.29, 1.82) is 0 Å². The van der Waals surface area contributed by atoms with Gasteiger partial charge in [0.15, 0.2) is 0 Å². The Morgan fingerprint density at radius 2 is 1.78 bits per heavy atom. The summed E-state index contributed by atoms with van der Waals surface area (Å²) in [5, 5.41) is 0. The molecule has 0 radical (unpaired) electrons. The normalized spacial score (nSPS) is 25.7. The maximum atomic E-state index is 6.03. The molecule has 0 aromatic carbocycles. The maximum Gasteiger partial charge on any atom is 0.0736 e. The summed E-state index contributed by atoms with van der Waals surface area (Å²) in [5.74, 6) is 0. The Labute approximate surface area is 113 Å². The quantitative estimate of drug-likeness (QED) is 0.794. The topological polar surface area (TPSA) is 38.5 Å². The molecule has 1 aliphatic heterocycles. The molecule has 3 nitrogen and oxygen atoms in total. The molecular formula is C15H32N2O. The minimum atomic E-state index is -0.0254. The van der Waals surface area contributed by atoms with E-state index >= 15 is 0 Å². The van der Waals surface area contributed by atoms with Crippen LogP contribution in [0.4, 0.5) is 0 Å². The van der Waals surface area contributed by atoms with E-state index in [1.54, 1.807) is 7.11 Å². The van der Waals surface area contributed by atoms with Crippen molar-refractivity contribution in [3.05, 3.63) is 0 Å². The summed E-state index contributed by atoms with van der Waals surface area (Å²) in [6.07, 6.45) is 5.38. The van der Waals surface area contributed by atoms with Gasteiger partial charge < -0.3 is 10.5 Å². The molecule has 1 heterocycles. The Morgan fingerprint density at radius 3 is 2.11 bits per heavy atom. The molecule has 0 aliphatic carbocycles. The van der Waals surface area contributed by atoms with Crippen LogP contribution in [-0.4, -0.2) is 43.3 Å². The van der Waals surface area contributed by atoms with E-state index in [4.69, 9.17) is 10.5 Å². The lowest BCUT2D eigenvalue weighted by atomic mass is 9.73. The summed E-state index contributed by atoms with van der Waals surface area (Å²) in [6.45, 7) is 12.0. The zero-order valence-corrected chi connectivity index (χ0v) is 13.0. The first-order valence-corrected chi connectivity index (χ1v) is 7.46. The van der Waals surface area contributed by atoms with Gasteiger partial charge in [0.25, 0.3) is 0 Å². The van der Waals surface area contributed by atoms with E-state index in [9.17, 15) is 0 Å². The summed E-state index contributed by atoms with van der Waals surface area (Å²) < 4.78 is 5.54. The van der Waals surface area contributed by atoms with Crippen LogP contribution in [0.3, 0.4) is 0 Å². The number of nitrogens with zero attached hydrogens (tertiary/aromatic N) is 1. The summed E-state index contributed by atoms with van der Waals surface area (Å²) in [7, 11) is 1.78. The molecule has 2 atom stereocenters. The molecule has 1 aliphatic rings. The average molecular weight is 256 g/mol. The number of hydrogen-bond acceptors (Lipinski definition) is 3. The zero-order chi connectivity index (χ0) is 13.8. The summed E-state index contributed by atoms with van der Waals surface area (Å²) in [5.41, 5.74) is 6.57. The second kappa shape index (κ2) is 6.36. The van der Waals surface area contributed by atoms with Gasteiger partial charge in [-0.2, -0.15) is 0 Å². The predicted octanol–water partition coefficient (Wildman–Crippen LogP) is 2.64. The van der Waals surface area contributed by atoms with E-state index in [0.717, 1.165) is 13.1 Å². The van der Waals surface area contributed by atoms with Crippen LogP contribution in [-0.2, 0) is 4.74 Å². The minimum Gasteiger partial charge on any atom is -0.380 e. The van der Waals surface area contributed by atoms with Crippen molar-refractivity contribution in [2.45, 2.75) is 65.0 Å². The van der Waals surface area contributed by atoms with Gasteiger partial charge in [-0.15, -0.1) is 0 Å². The van der Waals surface area contributed by atoms with Crippen molar-refractivity contribution in [3.8, 4) is 0 Å².